The predicted molar refractivity (Wildman–Crippen MR) is 105 cm³/mol. The molecule has 0 saturated carbocycles. The van der Waals surface area contributed by atoms with Gasteiger partial charge in [-0.2, -0.15) is 0 Å². The Balaban J connectivity index is 1.71. The Bertz CT molecular complexity index is 990. The summed E-state index contributed by atoms with van der Waals surface area (Å²) in [6.45, 7) is 2.24. The Morgan fingerprint density at radius 3 is 2.54 bits per heavy atom. The van der Waals surface area contributed by atoms with Crippen molar-refractivity contribution >= 4 is 17.5 Å². The molecule has 0 aliphatic carbocycles. The van der Waals surface area contributed by atoms with Crippen molar-refractivity contribution in [2.75, 3.05) is 12.4 Å². The summed E-state index contributed by atoms with van der Waals surface area (Å²) in [5, 5.41) is 5.54. The number of anilines is 1. The fraction of sp³-hybridized carbons (Fsp3) is 0.143. The molecule has 0 aliphatic rings. The molecule has 0 aliphatic heterocycles. The highest BCUT2D eigenvalue weighted by Gasteiger charge is 2.14. The third kappa shape index (κ3) is 4.70. The minimum Gasteiger partial charge on any atom is -0.495 e. The fourth-order valence-electron chi connectivity index (χ4n) is 2.57. The van der Waals surface area contributed by atoms with Crippen LogP contribution in [0.25, 0.3) is 0 Å². The van der Waals surface area contributed by atoms with Gasteiger partial charge in [-0.25, -0.2) is 4.98 Å². The van der Waals surface area contributed by atoms with Crippen molar-refractivity contribution in [3.63, 3.8) is 0 Å². The van der Waals surface area contributed by atoms with E-state index in [1.54, 1.807) is 48.8 Å². The van der Waals surface area contributed by atoms with Crippen LogP contribution in [0.4, 0.5) is 5.69 Å². The number of carbonyl (C=O) groups excluding carboxylic acids is 2. The lowest BCUT2D eigenvalue weighted by molar-refractivity contribution is 0.0945. The van der Waals surface area contributed by atoms with E-state index in [0.29, 0.717) is 18.0 Å². The third-order valence-corrected chi connectivity index (χ3v) is 3.99. The van der Waals surface area contributed by atoms with Crippen molar-refractivity contribution in [2.45, 2.75) is 13.5 Å². The number of aryl methyl sites for hydroxylation is 1. The van der Waals surface area contributed by atoms with Crippen LogP contribution < -0.4 is 15.4 Å². The lowest BCUT2D eigenvalue weighted by Crippen LogP contribution is -2.25. The van der Waals surface area contributed by atoms with E-state index >= 15 is 0 Å². The molecular formula is C21H20N4O3. The van der Waals surface area contributed by atoms with Crippen LogP contribution in [0.2, 0.25) is 0 Å². The Morgan fingerprint density at radius 1 is 1.04 bits per heavy atom. The second-order valence-corrected chi connectivity index (χ2v) is 6.11. The Hall–Kier alpha value is -3.74. The number of amides is 2. The second-order valence-electron chi connectivity index (χ2n) is 6.11. The molecule has 0 bridgehead atoms. The van der Waals surface area contributed by atoms with E-state index in [1.807, 2.05) is 19.1 Å². The second kappa shape index (κ2) is 8.77. The monoisotopic (exact) mass is 376 g/mol. The normalized spacial score (nSPS) is 10.2. The molecule has 0 atom stereocenters. The van der Waals surface area contributed by atoms with E-state index in [9.17, 15) is 9.59 Å². The summed E-state index contributed by atoms with van der Waals surface area (Å²) < 4.78 is 5.27. The number of aromatic nitrogens is 2. The zero-order chi connectivity index (χ0) is 19.9. The number of methoxy groups -OCH3 is 1. The van der Waals surface area contributed by atoms with Crippen LogP contribution >= 0.6 is 0 Å². The zero-order valence-corrected chi connectivity index (χ0v) is 15.6. The summed E-state index contributed by atoms with van der Waals surface area (Å²) in [6, 6.07) is 13.9. The van der Waals surface area contributed by atoms with Crippen molar-refractivity contribution in [3.05, 3.63) is 83.4 Å². The Kier molecular flexibility index (Phi) is 5.96. The Labute approximate surface area is 162 Å². The van der Waals surface area contributed by atoms with E-state index in [0.717, 1.165) is 11.1 Å². The molecule has 0 spiro atoms. The van der Waals surface area contributed by atoms with Gasteiger partial charge in [-0.05, 0) is 48.4 Å². The number of hydrogen-bond acceptors (Lipinski definition) is 5. The summed E-state index contributed by atoms with van der Waals surface area (Å²) in [7, 11) is 1.53. The third-order valence-electron chi connectivity index (χ3n) is 3.99. The number of ether oxygens (including phenoxy) is 1. The first-order valence-electron chi connectivity index (χ1n) is 8.67. The van der Waals surface area contributed by atoms with Crippen LogP contribution in [0.15, 0.2) is 60.9 Å². The van der Waals surface area contributed by atoms with Gasteiger partial charge in [0.1, 0.15) is 17.1 Å². The van der Waals surface area contributed by atoms with Gasteiger partial charge < -0.3 is 15.4 Å². The summed E-state index contributed by atoms with van der Waals surface area (Å²) in [5.41, 5.74) is 2.69. The quantitative estimate of drug-likeness (QED) is 0.690. The van der Waals surface area contributed by atoms with Crippen LogP contribution in [0.3, 0.4) is 0 Å². The molecule has 3 rings (SSSR count). The molecule has 28 heavy (non-hydrogen) atoms. The molecular weight excluding hydrogens is 356 g/mol. The van der Waals surface area contributed by atoms with Crippen LogP contribution in [0.5, 0.6) is 5.75 Å². The van der Waals surface area contributed by atoms with E-state index in [2.05, 4.69) is 20.6 Å². The smallest absolute Gasteiger partial charge is 0.274 e. The summed E-state index contributed by atoms with van der Waals surface area (Å²) in [6.07, 6.45) is 3.34. The lowest BCUT2D eigenvalue weighted by atomic mass is 10.2. The predicted octanol–water partition coefficient (Wildman–Crippen LogP) is 2.98. The molecule has 2 amide bonds. The van der Waals surface area contributed by atoms with Gasteiger partial charge in [-0.3, -0.25) is 14.6 Å². The topological polar surface area (TPSA) is 93.2 Å². The van der Waals surface area contributed by atoms with E-state index in [1.165, 1.54) is 7.11 Å². The first-order valence-corrected chi connectivity index (χ1v) is 8.67. The minimum absolute atomic E-state index is 0.137. The van der Waals surface area contributed by atoms with Gasteiger partial charge in [0, 0.05) is 18.9 Å². The summed E-state index contributed by atoms with van der Waals surface area (Å²) in [5.74, 6) is -0.248. The molecule has 2 heterocycles. The highest BCUT2D eigenvalue weighted by molar-refractivity contribution is 6.04. The van der Waals surface area contributed by atoms with Gasteiger partial charge in [0.25, 0.3) is 11.8 Å². The first-order chi connectivity index (χ1) is 13.6. The van der Waals surface area contributed by atoms with Crippen molar-refractivity contribution in [3.8, 4) is 5.75 Å². The molecule has 7 nitrogen and oxygen atoms in total. The molecule has 1 aromatic carbocycles. The maximum absolute atomic E-state index is 12.6. The van der Waals surface area contributed by atoms with Crippen molar-refractivity contribution in [1.82, 2.24) is 15.3 Å². The minimum atomic E-state index is -0.425. The molecule has 142 valence electrons. The zero-order valence-electron chi connectivity index (χ0n) is 15.6. The average Bonchev–Trinajstić information content (AvgIpc) is 2.73. The molecule has 3 aromatic rings. The number of carbonyl (C=O) groups is 2. The SMILES string of the molecule is COc1ccc(C)cc1NC(=O)c1cccc(C(=O)NCc2cccnc2)n1. The number of pyridine rings is 2. The average molecular weight is 376 g/mol. The maximum atomic E-state index is 12.6. The van der Waals surface area contributed by atoms with E-state index in [4.69, 9.17) is 4.74 Å². The van der Waals surface area contributed by atoms with Gasteiger partial charge in [-0.15, -0.1) is 0 Å². The number of hydrogen-bond donors (Lipinski definition) is 2. The number of benzene rings is 1. The largest absolute Gasteiger partial charge is 0.495 e. The highest BCUT2D eigenvalue weighted by Crippen LogP contribution is 2.25. The number of nitrogens with one attached hydrogen (secondary N) is 2. The maximum Gasteiger partial charge on any atom is 0.274 e. The standard InChI is InChI=1S/C21H20N4O3/c1-14-8-9-19(28-2)18(11-14)25-21(27)17-7-3-6-16(24-17)20(26)23-13-15-5-4-10-22-12-15/h3-12H,13H2,1-2H3,(H,23,26)(H,25,27). The van der Waals surface area contributed by atoms with Gasteiger partial charge >= 0.3 is 0 Å². The van der Waals surface area contributed by atoms with Crippen LogP contribution in [0.1, 0.15) is 32.1 Å². The molecule has 0 fully saturated rings. The first kappa shape index (κ1) is 19.0. The number of rotatable bonds is 6. The van der Waals surface area contributed by atoms with Crippen LogP contribution in [-0.2, 0) is 6.54 Å². The molecule has 0 unspecified atom stereocenters. The van der Waals surface area contributed by atoms with Crippen molar-refractivity contribution in [2.24, 2.45) is 0 Å². The van der Waals surface area contributed by atoms with E-state index < -0.39 is 5.91 Å². The highest BCUT2D eigenvalue weighted by atomic mass is 16.5. The fourth-order valence-corrected chi connectivity index (χ4v) is 2.57. The Morgan fingerprint density at radius 2 is 1.82 bits per heavy atom. The van der Waals surface area contributed by atoms with Crippen molar-refractivity contribution in [1.29, 1.82) is 0 Å². The van der Waals surface area contributed by atoms with Gasteiger partial charge in [0.2, 0.25) is 0 Å². The molecule has 0 saturated heterocycles. The summed E-state index contributed by atoms with van der Waals surface area (Å²) in [4.78, 5) is 33.1. The molecule has 2 N–H and O–H groups in total. The van der Waals surface area contributed by atoms with Crippen LogP contribution in [-0.4, -0.2) is 28.9 Å². The van der Waals surface area contributed by atoms with E-state index in [-0.39, 0.29) is 17.3 Å². The van der Waals surface area contributed by atoms with Crippen molar-refractivity contribution < 1.29 is 14.3 Å². The van der Waals surface area contributed by atoms with Crippen LogP contribution in [0, 0.1) is 6.92 Å². The van der Waals surface area contributed by atoms with Gasteiger partial charge in [0.15, 0.2) is 0 Å². The van der Waals surface area contributed by atoms with Gasteiger partial charge in [-0.1, -0.05) is 18.2 Å². The van der Waals surface area contributed by atoms with Gasteiger partial charge in [0.05, 0.1) is 12.8 Å². The lowest BCUT2D eigenvalue weighted by Gasteiger charge is -2.11. The molecule has 2 aromatic heterocycles. The summed E-state index contributed by atoms with van der Waals surface area (Å²) >= 11 is 0. The molecule has 7 heteroatoms. The molecule has 0 radical (unpaired) electrons. The number of nitrogens with zero attached hydrogens (tertiary/aromatic N) is 2.